The van der Waals surface area contributed by atoms with Crippen molar-refractivity contribution in [3.8, 4) is 0 Å². The standard InChI is InChI=1S/C16H21F3N2O2/c1-14(2,3)23-13(22)21-10-9-20-15(11-21,16(17,18)19)12-7-5-4-6-8-12/h4-8,20H,9-11H2,1-3H3/t15-/m0/s1. The Morgan fingerprint density at radius 2 is 1.83 bits per heavy atom. The van der Waals surface area contributed by atoms with Crippen molar-refractivity contribution in [1.29, 1.82) is 0 Å². The SMILES string of the molecule is CC(C)(C)OC(=O)N1CCN[C@@](c2ccccc2)(C(F)(F)F)C1. The molecule has 128 valence electrons. The first-order valence-electron chi connectivity index (χ1n) is 7.40. The van der Waals surface area contributed by atoms with Crippen molar-refractivity contribution in [2.24, 2.45) is 0 Å². The number of amides is 1. The Morgan fingerprint density at radius 1 is 1.22 bits per heavy atom. The molecule has 0 aliphatic carbocycles. The largest absolute Gasteiger partial charge is 0.444 e. The van der Waals surface area contributed by atoms with Crippen molar-refractivity contribution < 1.29 is 22.7 Å². The summed E-state index contributed by atoms with van der Waals surface area (Å²) in [6.07, 6.45) is -5.28. The molecule has 0 spiro atoms. The molecule has 0 aromatic heterocycles. The lowest BCUT2D eigenvalue weighted by Gasteiger charge is -2.44. The molecule has 1 aliphatic rings. The Kier molecular flexibility index (Phi) is 4.61. The van der Waals surface area contributed by atoms with E-state index in [9.17, 15) is 18.0 Å². The van der Waals surface area contributed by atoms with Crippen LogP contribution in [-0.4, -0.2) is 42.4 Å². The van der Waals surface area contributed by atoms with Crippen LogP contribution in [0.1, 0.15) is 26.3 Å². The Morgan fingerprint density at radius 3 is 2.35 bits per heavy atom. The van der Waals surface area contributed by atoms with Crippen molar-refractivity contribution in [2.45, 2.75) is 38.1 Å². The van der Waals surface area contributed by atoms with E-state index in [4.69, 9.17) is 4.74 Å². The van der Waals surface area contributed by atoms with Crippen LogP contribution < -0.4 is 5.32 Å². The molecule has 1 heterocycles. The summed E-state index contributed by atoms with van der Waals surface area (Å²) in [6.45, 7) is 4.73. The number of rotatable bonds is 1. The molecule has 1 fully saturated rings. The van der Waals surface area contributed by atoms with Gasteiger partial charge in [-0.2, -0.15) is 13.2 Å². The number of hydrogen-bond acceptors (Lipinski definition) is 3. The van der Waals surface area contributed by atoms with Crippen LogP contribution in [-0.2, 0) is 10.3 Å². The molecule has 1 N–H and O–H groups in total. The summed E-state index contributed by atoms with van der Waals surface area (Å²) >= 11 is 0. The monoisotopic (exact) mass is 330 g/mol. The van der Waals surface area contributed by atoms with Gasteiger partial charge >= 0.3 is 12.3 Å². The molecule has 1 amide bonds. The molecule has 0 saturated carbocycles. The summed E-state index contributed by atoms with van der Waals surface area (Å²) in [5, 5.41) is 2.56. The van der Waals surface area contributed by atoms with Crippen molar-refractivity contribution in [1.82, 2.24) is 10.2 Å². The van der Waals surface area contributed by atoms with E-state index in [2.05, 4.69) is 5.32 Å². The third-order valence-corrected chi connectivity index (χ3v) is 3.64. The molecule has 1 atom stereocenters. The topological polar surface area (TPSA) is 41.6 Å². The number of carbonyl (C=O) groups excluding carboxylic acids is 1. The highest BCUT2D eigenvalue weighted by Crippen LogP contribution is 2.41. The maximum absolute atomic E-state index is 13.8. The van der Waals surface area contributed by atoms with Gasteiger partial charge in [-0.1, -0.05) is 30.3 Å². The average Bonchev–Trinajstić information content (AvgIpc) is 2.45. The lowest BCUT2D eigenvalue weighted by atomic mass is 9.87. The summed E-state index contributed by atoms with van der Waals surface area (Å²) < 4.78 is 46.7. The lowest BCUT2D eigenvalue weighted by molar-refractivity contribution is -0.210. The lowest BCUT2D eigenvalue weighted by Crippen LogP contribution is -2.66. The van der Waals surface area contributed by atoms with E-state index in [-0.39, 0.29) is 18.7 Å². The molecule has 7 heteroatoms. The molecule has 1 aliphatic heterocycles. The summed E-state index contributed by atoms with van der Waals surface area (Å²) in [5.41, 5.74) is -2.96. The fourth-order valence-electron chi connectivity index (χ4n) is 2.58. The molecule has 0 bridgehead atoms. The van der Waals surface area contributed by atoms with E-state index in [0.717, 1.165) is 4.90 Å². The minimum atomic E-state index is -4.55. The van der Waals surface area contributed by atoms with E-state index >= 15 is 0 Å². The van der Waals surface area contributed by atoms with Gasteiger partial charge in [-0.15, -0.1) is 0 Å². The first-order valence-corrected chi connectivity index (χ1v) is 7.40. The fourth-order valence-corrected chi connectivity index (χ4v) is 2.58. The average molecular weight is 330 g/mol. The number of benzene rings is 1. The highest BCUT2D eigenvalue weighted by molar-refractivity contribution is 5.68. The normalized spacial score (nSPS) is 22.8. The van der Waals surface area contributed by atoms with Gasteiger partial charge in [-0.05, 0) is 26.3 Å². The molecule has 4 nitrogen and oxygen atoms in total. The molecule has 23 heavy (non-hydrogen) atoms. The Labute approximate surface area is 133 Å². The number of ether oxygens (including phenoxy) is 1. The number of nitrogens with one attached hydrogen (secondary N) is 1. The van der Waals surface area contributed by atoms with Crippen molar-refractivity contribution in [3.05, 3.63) is 35.9 Å². The minimum Gasteiger partial charge on any atom is -0.444 e. The van der Waals surface area contributed by atoms with Crippen LogP contribution in [0.5, 0.6) is 0 Å². The highest BCUT2D eigenvalue weighted by Gasteiger charge is 2.58. The molecule has 0 radical (unpaired) electrons. The molecule has 1 aromatic rings. The maximum Gasteiger partial charge on any atom is 0.412 e. The van der Waals surface area contributed by atoms with Gasteiger partial charge in [0.25, 0.3) is 0 Å². The Balaban J connectivity index is 2.32. The van der Waals surface area contributed by atoms with Crippen LogP contribution in [0.25, 0.3) is 0 Å². The second-order valence-electron chi connectivity index (χ2n) is 6.60. The van der Waals surface area contributed by atoms with Gasteiger partial charge in [-0.3, -0.25) is 5.32 Å². The van der Waals surface area contributed by atoms with Gasteiger partial charge < -0.3 is 9.64 Å². The smallest absolute Gasteiger partial charge is 0.412 e. The van der Waals surface area contributed by atoms with Crippen LogP contribution in [0.4, 0.5) is 18.0 Å². The quantitative estimate of drug-likeness (QED) is 0.859. The number of nitrogens with zero attached hydrogens (tertiary/aromatic N) is 1. The van der Waals surface area contributed by atoms with E-state index in [0.29, 0.717) is 0 Å². The molecular formula is C16H21F3N2O2. The van der Waals surface area contributed by atoms with Crippen molar-refractivity contribution in [3.63, 3.8) is 0 Å². The third-order valence-electron chi connectivity index (χ3n) is 3.64. The molecule has 1 aromatic carbocycles. The second-order valence-corrected chi connectivity index (χ2v) is 6.60. The summed E-state index contributed by atoms with van der Waals surface area (Å²) in [4.78, 5) is 13.3. The number of halogens is 3. The molecule has 1 saturated heterocycles. The number of hydrogen-bond donors (Lipinski definition) is 1. The predicted octanol–water partition coefficient (Wildman–Crippen LogP) is 3.28. The van der Waals surface area contributed by atoms with E-state index in [1.165, 1.54) is 12.1 Å². The Hall–Kier alpha value is -1.76. The predicted molar refractivity (Wildman–Crippen MR) is 80.0 cm³/mol. The zero-order chi connectivity index (χ0) is 17.3. The van der Waals surface area contributed by atoms with Crippen LogP contribution in [0.15, 0.2) is 30.3 Å². The Bertz CT molecular complexity index is 555. The van der Waals surface area contributed by atoms with Crippen LogP contribution in [0.3, 0.4) is 0 Å². The van der Waals surface area contributed by atoms with E-state index < -0.39 is 30.0 Å². The van der Waals surface area contributed by atoms with Crippen LogP contribution in [0.2, 0.25) is 0 Å². The zero-order valence-electron chi connectivity index (χ0n) is 13.4. The number of carbonyl (C=O) groups is 1. The van der Waals surface area contributed by atoms with Crippen LogP contribution in [0, 0.1) is 0 Å². The van der Waals surface area contributed by atoms with Gasteiger partial charge in [-0.25, -0.2) is 4.79 Å². The minimum absolute atomic E-state index is 0.0354. The van der Waals surface area contributed by atoms with Gasteiger partial charge in [0, 0.05) is 13.1 Å². The van der Waals surface area contributed by atoms with Crippen molar-refractivity contribution >= 4 is 6.09 Å². The van der Waals surface area contributed by atoms with Crippen molar-refractivity contribution in [2.75, 3.05) is 19.6 Å². The third kappa shape index (κ3) is 3.77. The fraction of sp³-hybridized carbons (Fsp3) is 0.562. The first kappa shape index (κ1) is 17.6. The van der Waals surface area contributed by atoms with Gasteiger partial charge in [0.15, 0.2) is 5.54 Å². The van der Waals surface area contributed by atoms with Crippen LogP contribution >= 0.6 is 0 Å². The first-order chi connectivity index (χ1) is 10.6. The molecular weight excluding hydrogens is 309 g/mol. The number of piperazine rings is 1. The summed E-state index contributed by atoms with van der Waals surface area (Å²) in [7, 11) is 0. The molecule has 2 rings (SSSR count). The zero-order valence-corrected chi connectivity index (χ0v) is 13.4. The molecule has 0 unspecified atom stereocenters. The van der Waals surface area contributed by atoms with Gasteiger partial charge in [0.2, 0.25) is 0 Å². The second kappa shape index (κ2) is 6.03. The summed E-state index contributed by atoms with van der Waals surface area (Å²) in [5.74, 6) is 0. The summed E-state index contributed by atoms with van der Waals surface area (Å²) in [6, 6.07) is 7.59. The highest BCUT2D eigenvalue weighted by atomic mass is 19.4. The van der Waals surface area contributed by atoms with Gasteiger partial charge in [0.1, 0.15) is 5.60 Å². The number of alkyl halides is 3. The van der Waals surface area contributed by atoms with Gasteiger partial charge in [0.05, 0.1) is 6.54 Å². The maximum atomic E-state index is 13.8. The van der Waals surface area contributed by atoms with E-state index in [1.807, 2.05) is 0 Å². The van der Waals surface area contributed by atoms with E-state index in [1.54, 1.807) is 39.0 Å².